The van der Waals surface area contributed by atoms with Gasteiger partial charge in [0.1, 0.15) is 6.04 Å². The minimum Gasteiger partial charge on any atom is -0.368 e. The van der Waals surface area contributed by atoms with Crippen molar-refractivity contribution < 1.29 is 16.1 Å². The number of carbonyl (C=O) groups is 1. The molecule has 1 aromatic heterocycles. The molecule has 11 heteroatoms. The molecule has 1 saturated heterocycles. The summed E-state index contributed by atoms with van der Waals surface area (Å²) in [5.41, 5.74) is 3.21. The maximum atomic E-state index is 13.4. The molecular formula is C26H33ClN6O3S. The van der Waals surface area contributed by atoms with Crippen LogP contribution in [0.15, 0.2) is 65.7 Å². The van der Waals surface area contributed by atoms with E-state index >= 15 is 0 Å². The van der Waals surface area contributed by atoms with Crippen molar-refractivity contribution >= 4 is 44.7 Å². The van der Waals surface area contributed by atoms with Crippen molar-refractivity contribution in [1.82, 2.24) is 15.1 Å². The fraction of sp³-hybridized carbons (Fsp3) is 0.346. The summed E-state index contributed by atoms with van der Waals surface area (Å²) in [5, 5.41) is 8.18. The number of anilines is 3. The van der Waals surface area contributed by atoms with Gasteiger partial charge in [-0.05, 0) is 79.9 Å². The predicted octanol–water partition coefficient (Wildman–Crippen LogP) is 3.91. The number of fused-ring (bicyclic) bond motifs is 1. The van der Waals surface area contributed by atoms with Crippen molar-refractivity contribution in [2.75, 3.05) is 47.2 Å². The van der Waals surface area contributed by atoms with Crippen LogP contribution >= 0.6 is 11.6 Å². The van der Waals surface area contributed by atoms with Crippen LogP contribution in [-0.4, -0.2) is 68.2 Å². The fourth-order valence-corrected chi connectivity index (χ4v) is 6.16. The van der Waals surface area contributed by atoms with Gasteiger partial charge in [0.25, 0.3) is 10.0 Å². The monoisotopic (exact) mass is 544 g/mol. The number of amides is 1. The van der Waals surface area contributed by atoms with Crippen LogP contribution in [0.3, 0.4) is 0 Å². The maximum absolute atomic E-state index is 13.4. The summed E-state index contributed by atoms with van der Waals surface area (Å²) in [5.74, 6) is 0.289. The molecule has 37 heavy (non-hydrogen) atoms. The summed E-state index contributed by atoms with van der Waals surface area (Å²) in [6, 6.07) is 15.5. The molecule has 3 aromatic rings. The molecule has 0 bridgehead atoms. The molecule has 9 nitrogen and oxygen atoms in total. The van der Waals surface area contributed by atoms with Gasteiger partial charge in [0.2, 0.25) is 5.91 Å². The number of rotatable bonds is 6. The quantitative estimate of drug-likeness (QED) is 0.502. The van der Waals surface area contributed by atoms with Gasteiger partial charge in [-0.2, -0.15) is 5.10 Å². The molecule has 1 atom stereocenters. The Labute approximate surface area is 225 Å². The number of nitrogens with one attached hydrogen (secondary N) is 1. The number of hydrogen-bond donors (Lipinski definition) is 1. The molecule has 198 valence electrons. The number of nitrogens with zero attached hydrogens (tertiary/aromatic N) is 5. The van der Waals surface area contributed by atoms with E-state index in [1.54, 1.807) is 36.4 Å². The van der Waals surface area contributed by atoms with Crippen LogP contribution in [0.5, 0.6) is 0 Å². The van der Waals surface area contributed by atoms with Crippen LogP contribution in [-0.2, 0) is 21.2 Å². The van der Waals surface area contributed by atoms with Crippen LogP contribution < -0.4 is 14.5 Å². The molecule has 0 unspecified atom stereocenters. The molecule has 0 radical (unpaired) electrons. The summed E-state index contributed by atoms with van der Waals surface area (Å²) in [7, 11) is -3.76. The summed E-state index contributed by atoms with van der Waals surface area (Å²) in [6.45, 7) is 5.40. The second kappa shape index (κ2) is 10.5. The molecule has 5 rings (SSSR count). The number of aryl methyl sites for hydroxylation is 1. The van der Waals surface area contributed by atoms with E-state index in [9.17, 15) is 13.2 Å². The smallest absolute Gasteiger partial charge is 0.263 e. The van der Waals surface area contributed by atoms with Gasteiger partial charge in [-0.15, -0.1) is 5.10 Å². The predicted molar refractivity (Wildman–Crippen MR) is 149 cm³/mol. The van der Waals surface area contributed by atoms with E-state index in [0.717, 1.165) is 35.8 Å². The van der Waals surface area contributed by atoms with E-state index in [-0.39, 0.29) is 25.5 Å². The topological polar surface area (TPSA) is 98.7 Å². The van der Waals surface area contributed by atoms with E-state index in [1.165, 1.54) is 11.8 Å². The Morgan fingerprint density at radius 2 is 1.81 bits per heavy atom. The van der Waals surface area contributed by atoms with Crippen molar-refractivity contribution in [2.24, 2.45) is 0 Å². The Bertz CT molecular complexity index is 1370. The molecular weight excluding hydrogens is 512 g/mol. The Morgan fingerprint density at radius 3 is 2.51 bits per heavy atom. The zero-order chi connectivity index (χ0) is 26.0. The van der Waals surface area contributed by atoms with Gasteiger partial charge in [-0.3, -0.25) is 9.52 Å². The van der Waals surface area contributed by atoms with E-state index in [2.05, 4.69) is 24.7 Å². The summed E-state index contributed by atoms with van der Waals surface area (Å²) in [6.07, 6.45) is 3.45. The third kappa shape index (κ3) is 5.50. The molecule has 1 amide bonds. The number of hydrogen-bond acceptors (Lipinski definition) is 7. The third-order valence-corrected chi connectivity index (χ3v) is 8.54. The molecule has 1 fully saturated rings. The number of aromatic nitrogens is 2. The third-order valence-electron chi connectivity index (χ3n) is 6.94. The Balaban J connectivity index is 0.00000210. The average Bonchev–Trinajstić information content (AvgIpc) is 2.92. The van der Waals surface area contributed by atoms with E-state index in [0.29, 0.717) is 26.2 Å². The Morgan fingerprint density at radius 1 is 1.05 bits per heavy atom. The largest absolute Gasteiger partial charge is 0.368 e. The molecule has 0 aliphatic carbocycles. The maximum Gasteiger partial charge on any atom is 0.263 e. The van der Waals surface area contributed by atoms with Gasteiger partial charge in [0, 0.05) is 58.2 Å². The van der Waals surface area contributed by atoms with Crippen LogP contribution in [0.25, 0.3) is 0 Å². The second-order valence-corrected chi connectivity index (χ2v) is 11.4. The van der Waals surface area contributed by atoms with Crippen molar-refractivity contribution in [3.8, 4) is 0 Å². The van der Waals surface area contributed by atoms with Gasteiger partial charge in [0.05, 0.1) is 4.90 Å². The lowest BCUT2D eigenvalue weighted by molar-refractivity contribution is -0.132. The van der Waals surface area contributed by atoms with Crippen molar-refractivity contribution in [3.63, 3.8) is 0 Å². The minimum absolute atomic E-state index is 0. The van der Waals surface area contributed by atoms with Crippen LogP contribution in [0.1, 0.15) is 21.8 Å². The highest BCUT2D eigenvalue weighted by atomic mass is 35.5. The zero-order valence-electron chi connectivity index (χ0n) is 20.5. The van der Waals surface area contributed by atoms with Gasteiger partial charge >= 0.3 is 0 Å². The van der Waals surface area contributed by atoms with Crippen molar-refractivity contribution in [3.05, 3.63) is 71.4 Å². The second-order valence-electron chi connectivity index (χ2n) is 9.27. The van der Waals surface area contributed by atoms with E-state index < -0.39 is 10.0 Å². The van der Waals surface area contributed by atoms with E-state index in [4.69, 9.17) is 11.6 Å². The number of benzene rings is 2. The van der Waals surface area contributed by atoms with Gasteiger partial charge in [0.15, 0.2) is 5.82 Å². The first kappa shape index (κ1) is 25.3. The van der Waals surface area contributed by atoms with Crippen LogP contribution in [0.4, 0.5) is 17.2 Å². The first-order valence-electron chi connectivity index (χ1n) is 12.3. The SMILES string of the molecule is C[C@H](C(=O)N1CCN(c2ccc(S(=O)(=O)Nc3cccnn3)cc2)CC1)N1CCCc2cc(Cl)ccc21.[HH].[HH]. The normalized spacial score (nSPS) is 16.8. The van der Waals surface area contributed by atoms with Gasteiger partial charge in [-0.1, -0.05) is 11.6 Å². The van der Waals surface area contributed by atoms with Crippen molar-refractivity contribution in [2.45, 2.75) is 30.7 Å². The van der Waals surface area contributed by atoms with E-state index in [1.807, 2.05) is 30.0 Å². The fourth-order valence-electron chi connectivity index (χ4n) is 4.97. The number of piperazine rings is 1. The lowest BCUT2D eigenvalue weighted by Crippen LogP contribution is -2.55. The summed E-state index contributed by atoms with van der Waals surface area (Å²) >= 11 is 6.18. The number of carbonyl (C=O) groups excluding carboxylic acids is 1. The Hall–Kier alpha value is -3.37. The van der Waals surface area contributed by atoms with Crippen LogP contribution in [0, 0.1) is 0 Å². The molecule has 1 N–H and O–H groups in total. The lowest BCUT2D eigenvalue weighted by Gasteiger charge is -2.41. The summed E-state index contributed by atoms with van der Waals surface area (Å²) in [4.78, 5) is 19.8. The number of sulfonamides is 1. The minimum atomic E-state index is -3.76. The molecule has 2 aliphatic rings. The standard InChI is InChI=1S/C26H29ClN6O3S.2H2/c1-19(33-13-3-4-20-18-21(27)6-11-24(20)33)26(34)32-16-14-31(15-17-32)22-7-9-23(10-8-22)37(35,36)30-25-5-2-12-28-29-25;;/h2,5-12,18-19H,3-4,13-17H2,1H3,(H,29,30);2*1H/t19-;;/m1../s1. The highest BCUT2D eigenvalue weighted by Crippen LogP contribution is 2.31. The first-order valence-corrected chi connectivity index (χ1v) is 14.2. The highest BCUT2D eigenvalue weighted by Gasteiger charge is 2.31. The summed E-state index contributed by atoms with van der Waals surface area (Å²) < 4.78 is 27.7. The average molecular weight is 545 g/mol. The van der Waals surface area contributed by atoms with Gasteiger partial charge < -0.3 is 14.7 Å². The lowest BCUT2D eigenvalue weighted by atomic mass is 10.00. The zero-order valence-corrected chi connectivity index (χ0v) is 22.1. The van der Waals surface area contributed by atoms with Gasteiger partial charge in [-0.25, -0.2) is 8.42 Å². The molecule has 0 saturated carbocycles. The Kier molecular flexibility index (Phi) is 7.21. The van der Waals surface area contributed by atoms with Crippen molar-refractivity contribution in [1.29, 1.82) is 0 Å². The molecule has 2 aliphatic heterocycles. The first-order chi connectivity index (χ1) is 17.8. The molecule has 3 heterocycles. The highest BCUT2D eigenvalue weighted by molar-refractivity contribution is 7.92. The number of halogens is 1. The van der Waals surface area contributed by atoms with Crippen LogP contribution in [0.2, 0.25) is 5.02 Å². The molecule has 0 spiro atoms. The molecule has 2 aromatic carbocycles.